The molecular weight excluding hydrogens is 254 g/mol. The van der Waals surface area contributed by atoms with E-state index in [0.717, 1.165) is 50.9 Å². The smallest absolute Gasteiger partial charge is 0.162 e. The minimum absolute atomic E-state index is 0.522. The van der Waals surface area contributed by atoms with Gasteiger partial charge in [0.1, 0.15) is 11.3 Å². The fourth-order valence-corrected chi connectivity index (χ4v) is 3.19. The number of rotatable bonds is 6. The molecule has 1 saturated carbocycles. The van der Waals surface area contributed by atoms with Gasteiger partial charge in [-0.2, -0.15) is 5.10 Å². The highest BCUT2D eigenvalue weighted by Crippen LogP contribution is 2.41. The van der Waals surface area contributed by atoms with Crippen LogP contribution in [0.4, 0.5) is 0 Å². The minimum Gasteiger partial charge on any atom is -0.493 e. The molecule has 0 bridgehead atoms. The van der Waals surface area contributed by atoms with E-state index < -0.39 is 5.60 Å². The van der Waals surface area contributed by atoms with Crippen molar-refractivity contribution in [2.75, 3.05) is 13.7 Å². The van der Waals surface area contributed by atoms with E-state index in [1.165, 1.54) is 0 Å². The summed E-state index contributed by atoms with van der Waals surface area (Å²) in [5, 5.41) is 18.9. The number of aryl methyl sites for hydroxylation is 1. The summed E-state index contributed by atoms with van der Waals surface area (Å²) >= 11 is 0. The topological polar surface area (TPSA) is 59.3 Å². The summed E-state index contributed by atoms with van der Waals surface area (Å²) in [5.41, 5.74) is 0.0555. The lowest BCUT2D eigenvalue weighted by atomic mass is 9.79. The van der Waals surface area contributed by atoms with Crippen molar-refractivity contribution in [2.24, 2.45) is 0 Å². The van der Waals surface area contributed by atoms with Gasteiger partial charge in [-0.3, -0.25) is 4.68 Å². The van der Waals surface area contributed by atoms with Crippen molar-refractivity contribution < 1.29 is 9.84 Å². The maximum absolute atomic E-state index is 11.1. The van der Waals surface area contributed by atoms with Crippen LogP contribution in [0.2, 0.25) is 0 Å². The van der Waals surface area contributed by atoms with Gasteiger partial charge >= 0.3 is 0 Å². The summed E-state index contributed by atoms with van der Waals surface area (Å²) < 4.78 is 7.32. The van der Waals surface area contributed by atoms with Crippen LogP contribution < -0.4 is 10.1 Å². The van der Waals surface area contributed by atoms with Gasteiger partial charge in [-0.25, -0.2) is 0 Å². The van der Waals surface area contributed by atoms with E-state index in [2.05, 4.69) is 24.3 Å². The van der Waals surface area contributed by atoms with E-state index in [1.807, 2.05) is 4.68 Å². The van der Waals surface area contributed by atoms with Crippen LogP contribution in [-0.2, 0) is 12.1 Å². The van der Waals surface area contributed by atoms with Gasteiger partial charge in [0.2, 0.25) is 0 Å². The molecule has 0 unspecified atom stereocenters. The number of ether oxygens (including phenoxy) is 1. The molecule has 5 nitrogen and oxygen atoms in total. The van der Waals surface area contributed by atoms with E-state index in [4.69, 9.17) is 4.74 Å². The Kier molecular flexibility index (Phi) is 5.05. The maximum atomic E-state index is 11.1. The number of aliphatic hydroxyl groups is 1. The molecule has 0 aromatic carbocycles. The van der Waals surface area contributed by atoms with Gasteiger partial charge in [-0.05, 0) is 38.6 Å². The molecule has 20 heavy (non-hydrogen) atoms. The summed E-state index contributed by atoms with van der Waals surface area (Å²) in [6.45, 7) is 6.04. The monoisotopic (exact) mass is 281 g/mol. The molecule has 0 spiro atoms. The van der Waals surface area contributed by atoms with E-state index in [0.29, 0.717) is 11.8 Å². The van der Waals surface area contributed by atoms with Crippen molar-refractivity contribution >= 4 is 0 Å². The molecule has 0 saturated heterocycles. The Morgan fingerprint density at radius 3 is 2.70 bits per heavy atom. The van der Waals surface area contributed by atoms with Crippen molar-refractivity contribution in [3.05, 3.63) is 11.9 Å². The minimum atomic E-state index is -0.803. The Morgan fingerprint density at radius 2 is 2.15 bits per heavy atom. The Labute approximate surface area is 121 Å². The molecule has 1 aliphatic rings. The Bertz CT molecular complexity index is 423. The molecule has 0 amide bonds. The fraction of sp³-hybridized carbons (Fsp3) is 0.800. The Balaban J connectivity index is 2.19. The number of methoxy groups -OCH3 is 1. The zero-order valence-corrected chi connectivity index (χ0v) is 12.9. The molecule has 114 valence electrons. The molecule has 2 rings (SSSR count). The normalized spacial score (nSPS) is 26.7. The molecule has 0 atom stereocenters. The molecule has 0 radical (unpaired) electrons. The zero-order valence-electron chi connectivity index (χ0n) is 12.9. The average Bonchev–Trinajstić information content (AvgIpc) is 2.86. The fourth-order valence-electron chi connectivity index (χ4n) is 3.19. The highest BCUT2D eigenvalue weighted by molar-refractivity contribution is 5.31. The molecule has 1 aromatic rings. The van der Waals surface area contributed by atoms with Gasteiger partial charge in [0, 0.05) is 12.6 Å². The molecule has 1 aliphatic carbocycles. The summed E-state index contributed by atoms with van der Waals surface area (Å²) in [4.78, 5) is 0. The van der Waals surface area contributed by atoms with Crippen molar-refractivity contribution in [3.63, 3.8) is 0 Å². The lowest BCUT2D eigenvalue weighted by molar-refractivity contribution is -0.0178. The highest BCUT2D eigenvalue weighted by Gasteiger charge is 2.39. The molecular formula is C15H27N3O2. The van der Waals surface area contributed by atoms with E-state index in [9.17, 15) is 5.11 Å². The summed E-state index contributed by atoms with van der Waals surface area (Å²) in [6.07, 6.45) is 6.22. The van der Waals surface area contributed by atoms with Crippen LogP contribution in [0.3, 0.4) is 0 Å². The number of nitrogens with zero attached hydrogens (tertiary/aromatic N) is 2. The van der Waals surface area contributed by atoms with Crippen LogP contribution in [0.25, 0.3) is 0 Å². The molecule has 0 aliphatic heterocycles. The van der Waals surface area contributed by atoms with E-state index in [-0.39, 0.29) is 0 Å². The third-order valence-electron chi connectivity index (χ3n) is 4.21. The second kappa shape index (κ2) is 6.59. The first-order chi connectivity index (χ1) is 9.64. The Morgan fingerprint density at radius 1 is 1.45 bits per heavy atom. The second-order valence-corrected chi connectivity index (χ2v) is 5.65. The predicted molar refractivity (Wildman–Crippen MR) is 78.9 cm³/mol. The van der Waals surface area contributed by atoms with E-state index in [1.54, 1.807) is 13.3 Å². The lowest BCUT2D eigenvalue weighted by Crippen LogP contribution is -2.41. The third kappa shape index (κ3) is 2.99. The molecule has 2 N–H and O–H groups in total. The first-order valence-electron chi connectivity index (χ1n) is 7.70. The van der Waals surface area contributed by atoms with Crippen molar-refractivity contribution in [1.82, 2.24) is 15.1 Å². The van der Waals surface area contributed by atoms with Gasteiger partial charge < -0.3 is 15.2 Å². The van der Waals surface area contributed by atoms with Crippen LogP contribution in [0.5, 0.6) is 5.75 Å². The predicted octanol–water partition coefficient (Wildman–Crippen LogP) is 2.04. The van der Waals surface area contributed by atoms with Crippen LogP contribution in [-0.4, -0.2) is 34.6 Å². The molecule has 1 heterocycles. The van der Waals surface area contributed by atoms with Gasteiger partial charge in [-0.1, -0.05) is 13.8 Å². The van der Waals surface area contributed by atoms with Gasteiger partial charge in [0.25, 0.3) is 0 Å². The quantitative estimate of drug-likeness (QED) is 0.838. The standard InChI is InChI=1S/C15H27N3O2/c1-4-10-18-14(13(20-3)11-17-18)15(19)8-6-12(7-9-15)16-5-2/h11-12,16,19H,4-10H2,1-3H3. The lowest BCUT2D eigenvalue weighted by Gasteiger charge is -2.37. The third-order valence-corrected chi connectivity index (χ3v) is 4.21. The molecule has 5 heteroatoms. The number of hydrogen-bond acceptors (Lipinski definition) is 4. The highest BCUT2D eigenvalue weighted by atomic mass is 16.5. The van der Waals surface area contributed by atoms with Crippen molar-refractivity contribution in [3.8, 4) is 5.75 Å². The second-order valence-electron chi connectivity index (χ2n) is 5.65. The van der Waals surface area contributed by atoms with Crippen LogP contribution in [0, 0.1) is 0 Å². The van der Waals surface area contributed by atoms with Crippen LogP contribution in [0.1, 0.15) is 51.6 Å². The first-order valence-corrected chi connectivity index (χ1v) is 7.70. The van der Waals surface area contributed by atoms with Crippen molar-refractivity contribution in [2.45, 2.75) is 64.1 Å². The first kappa shape index (κ1) is 15.3. The summed E-state index contributed by atoms with van der Waals surface area (Å²) in [7, 11) is 1.64. The largest absolute Gasteiger partial charge is 0.493 e. The average molecular weight is 281 g/mol. The van der Waals surface area contributed by atoms with Crippen LogP contribution >= 0.6 is 0 Å². The van der Waals surface area contributed by atoms with E-state index >= 15 is 0 Å². The Hall–Kier alpha value is -1.07. The SMILES string of the molecule is CCCn1ncc(OC)c1C1(O)CCC(NCC)CC1. The summed E-state index contributed by atoms with van der Waals surface area (Å²) in [5.74, 6) is 0.711. The summed E-state index contributed by atoms with van der Waals surface area (Å²) in [6, 6.07) is 0.522. The van der Waals surface area contributed by atoms with Crippen molar-refractivity contribution in [1.29, 1.82) is 0 Å². The molecule has 1 aromatic heterocycles. The number of aromatic nitrogens is 2. The molecule has 1 fully saturated rings. The maximum Gasteiger partial charge on any atom is 0.162 e. The van der Waals surface area contributed by atoms with Gasteiger partial charge in [-0.15, -0.1) is 0 Å². The van der Waals surface area contributed by atoms with Gasteiger partial charge in [0.15, 0.2) is 5.75 Å². The zero-order chi connectivity index (χ0) is 14.6. The number of hydrogen-bond donors (Lipinski definition) is 2. The van der Waals surface area contributed by atoms with Gasteiger partial charge in [0.05, 0.1) is 13.3 Å². The number of nitrogens with one attached hydrogen (secondary N) is 1. The van der Waals surface area contributed by atoms with Crippen LogP contribution in [0.15, 0.2) is 6.20 Å².